The maximum Gasteiger partial charge on any atom is 0.306 e. The van der Waals surface area contributed by atoms with Crippen LogP contribution in [0, 0.1) is 0 Å². The lowest BCUT2D eigenvalue weighted by atomic mass is 10.3. The molecule has 0 radical (unpaired) electrons. The maximum absolute atomic E-state index is 10.2. The SMILES string of the molecule is O=C(O)CCOc1cc(Br)ccc1Cl. The normalized spacial score (nSPS) is 9.86. The average molecular weight is 280 g/mol. The summed E-state index contributed by atoms with van der Waals surface area (Å²) < 4.78 is 6.03. The summed E-state index contributed by atoms with van der Waals surface area (Å²) in [4.78, 5) is 10.2. The Hall–Kier alpha value is -0.740. The van der Waals surface area contributed by atoms with Gasteiger partial charge < -0.3 is 9.84 Å². The van der Waals surface area contributed by atoms with Crippen molar-refractivity contribution in [3.05, 3.63) is 27.7 Å². The summed E-state index contributed by atoms with van der Waals surface area (Å²) in [5, 5.41) is 8.86. The van der Waals surface area contributed by atoms with Crippen molar-refractivity contribution in [1.82, 2.24) is 0 Å². The number of rotatable bonds is 4. The molecule has 0 amide bonds. The summed E-state index contributed by atoms with van der Waals surface area (Å²) in [7, 11) is 0. The van der Waals surface area contributed by atoms with Gasteiger partial charge in [0.15, 0.2) is 0 Å². The number of halogens is 2. The molecule has 14 heavy (non-hydrogen) atoms. The first kappa shape index (κ1) is 11.3. The van der Waals surface area contributed by atoms with E-state index in [1.165, 1.54) is 0 Å². The fraction of sp³-hybridized carbons (Fsp3) is 0.222. The average Bonchev–Trinajstić information content (AvgIpc) is 2.10. The summed E-state index contributed by atoms with van der Waals surface area (Å²) in [5.74, 6) is -0.404. The quantitative estimate of drug-likeness (QED) is 0.922. The molecule has 0 bridgehead atoms. The number of hydrogen-bond donors (Lipinski definition) is 1. The topological polar surface area (TPSA) is 46.5 Å². The fourth-order valence-corrected chi connectivity index (χ4v) is 1.35. The number of carbonyl (C=O) groups is 1. The van der Waals surface area contributed by atoms with E-state index in [0.717, 1.165) is 4.47 Å². The molecule has 1 aromatic rings. The van der Waals surface area contributed by atoms with Gasteiger partial charge >= 0.3 is 5.97 Å². The first-order valence-corrected chi connectivity index (χ1v) is 5.06. The zero-order valence-corrected chi connectivity index (χ0v) is 9.51. The predicted molar refractivity (Wildman–Crippen MR) is 56.9 cm³/mol. The molecule has 0 aliphatic heterocycles. The third-order valence-corrected chi connectivity index (χ3v) is 2.27. The Bertz CT molecular complexity index is 341. The Labute approximate surface area is 94.8 Å². The Balaban J connectivity index is 2.57. The Morgan fingerprint density at radius 3 is 2.93 bits per heavy atom. The van der Waals surface area contributed by atoms with Crippen molar-refractivity contribution in [3.63, 3.8) is 0 Å². The molecular formula is C9H8BrClO3. The predicted octanol–water partition coefficient (Wildman–Crippen LogP) is 2.96. The molecule has 0 aliphatic carbocycles. The van der Waals surface area contributed by atoms with Gasteiger partial charge in [-0.15, -0.1) is 0 Å². The van der Waals surface area contributed by atoms with Crippen LogP contribution in [0.15, 0.2) is 22.7 Å². The molecule has 5 heteroatoms. The second-order valence-corrected chi connectivity index (χ2v) is 3.89. The van der Waals surface area contributed by atoms with E-state index in [9.17, 15) is 4.79 Å². The van der Waals surface area contributed by atoms with Crippen molar-refractivity contribution in [2.24, 2.45) is 0 Å². The molecule has 1 aromatic carbocycles. The number of carboxylic acids is 1. The molecule has 0 unspecified atom stereocenters. The number of ether oxygens (including phenoxy) is 1. The molecule has 0 heterocycles. The highest BCUT2D eigenvalue weighted by molar-refractivity contribution is 9.10. The van der Waals surface area contributed by atoms with Gasteiger partial charge in [0.2, 0.25) is 0 Å². The lowest BCUT2D eigenvalue weighted by Crippen LogP contribution is -2.04. The molecule has 0 saturated heterocycles. The van der Waals surface area contributed by atoms with Gasteiger partial charge in [0.1, 0.15) is 5.75 Å². The van der Waals surface area contributed by atoms with Gasteiger partial charge in [0, 0.05) is 4.47 Å². The fourth-order valence-electron chi connectivity index (χ4n) is 0.836. The van der Waals surface area contributed by atoms with Crippen LogP contribution in [-0.2, 0) is 4.79 Å². The molecule has 0 spiro atoms. The van der Waals surface area contributed by atoms with Crippen LogP contribution in [0.1, 0.15) is 6.42 Å². The monoisotopic (exact) mass is 278 g/mol. The minimum atomic E-state index is -0.892. The standard InChI is InChI=1S/C9H8BrClO3/c10-6-1-2-7(11)8(5-6)14-4-3-9(12)13/h1-2,5H,3-4H2,(H,12,13). The second-order valence-electron chi connectivity index (χ2n) is 2.57. The first-order valence-electron chi connectivity index (χ1n) is 3.89. The van der Waals surface area contributed by atoms with Gasteiger partial charge in [0.25, 0.3) is 0 Å². The minimum Gasteiger partial charge on any atom is -0.491 e. The summed E-state index contributed by atoms with van der Waals surface area (Å²) in [6.07, 6.45) is -0.0388. The van der Waals surface area contributed by atoms with Gasteiger partial charge in [-0.3, -0.25) is 4.79 Å². The van der Waals surface area contributed by atoms with Gasteiger partial charge in [0.05, 0.1) is 18.1 Å². The van der Waals surface area contributed by atoms with E-state index in [-0.39, 0.29) is 13.0 Å². The Morgan fingerprint density at radius 1 is 1.57 bits per heavy atom. The molecule has 0 fully saturated rings. The molecule has 1 rings (SSSR count). The van der Waals surface area contributed by atoms with Gasteiger partial charge in [-0.05, 0) is 18.2 Å². The number of carboxylic acid groups (broad SMARTS) is 1. The largest absolute Gasteiger partial charge is 0.491 e. The number of benzene rings is 1. The van der Waals surface area contributed by atoms with E-state index in [2.05, 4.69) is 15.9 Å². The zero-order chi connectivity index (χ0) is 10.6. The molecule has 1 N–H and O–H groups in total. The minimum absolute atomic E-state index is 0.0388. The first-order chi connectivity index (χ1) is 6.59. The Morgan fingerprint density at radius 2 is 2.29 bits per heavy atom. The molecule has 76 valence electrons. The van der Waals surface area contributed by atoms with Gasteiger partial charge in [-0.1, -0.05) is 27.5 Å². The third kappa shape index (κ3) is 3.55. The van der Waals surface area contributed by atoms with Crippen molar-refractivity contribution in [2.45, 2.75) is 6.42 Å². The smallest absolute Gasteiger partial charge is 0.306 e. The van der Waals surface area contributed by atoms with Crippen LogP contribution in [0.4, 0.5) is 0 Å². The van der Waals surface area contributed by atoms with Crippen LogP contribution >= 0.6 is 27.5 Å². The summed E-state index contributed by atoms with van der Waals surface area (Å²) in [5.41, 5.74) is 0. The van der Waals surface area contributed by atoms with E-state index in [1.54, 1.807) is 18.2 Å². The molecule has 0 atom stereocenters. The van der Waals surface area contributed by atoms with Crippen molar-refractivity contribution in [3.8, 4) is 5.75 Å². The van der Waals surface area contributed by atoms with Crippen LogP contribution in [0.2, 0.25) is 5.02 Å². The number of aliphatic carboxylic acids is 1. The van der Waals surface area contributed by atoms with Crippen molar-refractivity contribution >= 4 is 33.5 Å². The molecule has 3 nitrogen and oxygen atoms in total. The van der Waals surface area contributed by atoms with E-state index in [4.69, 9.17) is 21.4 Å². The van der Waals surface area contributed by atoms with Crippen molar-refractivity contribution in [1.29, 1.82) is 0 Å². The molecular weight excluding hydrogens is 271 g/mol. The molecule has 0 aromatic heterocycles. The molecule has 0 aliphatic rings. The summed E-state index contributed by atoms with van der Waals surface area (Å²) in [6, 6.07) is 5.16. The Kier molecular flexibility index (Phi) is 4.22. The van der Waals surface area contributed by atoms with E-state index >= 15 is 0 Å². The van der Waals surface area contributed by atoms with Gasteiger partial charge in [-0.2, -0.15) is 0 Å². The zero-order valence-electron chi connectivity index (χ0n) is 7.17. The summed E-state index contributed by atoms with van der Waals surface area (Å²) >= 11 is 9.08. The van der Waals surface area contributed by atoms with Crippen LogP contribution in [0.5, 0.6) is 5.75 Å². The van der Waals surface area contributed by atoms with E-state index in [1.807, 2.05) is 0 Å². The van der Waals surface area contributed by atoms with Crippen LogP contribution in [-0.4, -0.2) is 17.7 Å². The maximum atomic E-state index is 10.2. The number of hydrogen-bond acceptors (Lipinski definition) is 2. The van der Waals surface area contributed by atoms with E-state index < -0.39 is 5.97 Å². The third-order valence-electron chi connectivity index (χ3n) is 1.47. The van der Waals surface area contributed by atoms with Gasteiger partial charge in [-0.25, -0.2) is 0 Å². The van der Waals surface area contributed by atoms with Crippen LogP contribution < -0.4 is 4.74 Å². The van der Waals surface area contributed by atoms with Crippen LogP contribution in [0.3, 0.4) is 0 Å². The highest BCUT2D eigenvalue weighted by Crippen LogP contribution is 2.27. The second kappa shape index (κ2) is 5.22. The van der Waals surface area contributed by atoms with E-state index in [0.29, 0.717) is 10.8 Å². The highest BCUT2D eigenvalue weighted by Gasteiger charge is 2.03. The molecule has 0 saturated carbocycles. The van der Waals surface area contributed by atoms with Crippen molar-refractivity contribution in [2.75, 3.05) is 6.61 Å². The highest BCUT2D eigenvalue weighted by atomic mass is 79.9. The lowest BCUT2D eigenvalue weighted by Gasteiger charge is -2.06. The van der Waals surface area contributed by atoms with Crippen molar-refractivity contribution < 1.29 is 14.6 Å². The van der Waals surface area contributed by atoms with Crippen LogP contribution in [0.25, 0.3) is 0 Å². The summed E-state index contributed by atoms with van der Waals surface area (Å²) in [6.45, 7) is 0.117. The lowest BCUT2D eigenvalue weighted by molar-refractivity contribution is -0.137.